The number of anilines is 1. The van der Waals surface area contributed by atoms with E-state index in [1.807, 2.05) is 24.3 Å². The largest absolute Gasteiger partial charge is 0.444 e. The lowest BCUT2D eigenvalue weighted by molar-refractivity contribution is 0.0950. The molecule has 2 amide bonds. The molecule has 3 aromatic carbocycles. The van der Waals surface area contributed by atoms with Gasteiger partial charge in [-0.3, -0.25) is 9.59 Å². The number of carbonyl (C=O) groups excluding carboxylic acids is 2. The molecular formula is C28H26N4O3. The molecule has 0 atom stereocenters. The highest BCUT2D eigenvalue weighted by molar-refractivity contribution is 6.04. The Balaban J connectivity index is 1.22. The number of fused-ring (bicyclic) bond motifs is 1. The molecule has 0 spiro atoms. The molecule has 0 saturated heterocycles. The molecule has 7 heteroatoms. The number of amides is 2. The van der Waals surface area contributed by atoms with Crippen LogP contribution in [0.4, 0.5) is 5.69 Å². The van der Waals surface area contributed by atoms with Crippen LogP contribution in [0.5, 0.6) is 0 Å². The quantitative estimate of drug-likeness (QED) is 0.437. The number of likely N-dealkylation sites (N-methyl/N-ethyl adjacent to an activating group) is 1. The fourth-order valence-electron chi connectivity index (χ4n) is 4.26. The van der Waals surface area contributed by atoms with Gasteiger partial charge in [-0.2, -0.15) is 0 Å². The smallest absolute Gasteiger partial charge is 0.255 e. The zero-order chi connectivity index (χ0) is 24.2. The number of aromatic nitrogens is 1. The van der Waals surface area contributed by atoms with E-state index in [-0.39, 0.29) is 11.8 Å². The van der Waals surface area contributed by atoms with E-state index in [4.69, 9.17) is 4.42 Å². The van der Waals surface area contributed by atoms with Crippen molar-refractivity contribution in [1.29, 1.82) is 0 Å². The van der Waals surface area contributed by atoms with Crippen LogP contribution in [-0.2, 0) is 19.5 Å². The van der Waals surface area contributed by atoms with Crippen molar-refractivity contribution in [3.63, 3.8) is 0 Å². The van der Waals surface area contributed by atoms with Gasteiger partial charge in [0, 0.05) is 42.0 Å². The summed E-state index contributed by atoms with van der Waals surface area (Å²) in [5.74, 6) is 0.214. The summed E-state index contributed by atoms with van der Waals surface area (Å²) < 4.78 is 5.31. The van der Waals surface area contributed by atoms with Crippen molar-refractivity contribution in [2.24, 2.45) is 0 Å². The van der Waals surface area contributed by atoms with Crippen LogP contribution in [0.15, 0.2) is 83.7 Å². The normalized spacial score (nSPS) is 13.2. The first-order valence-electron chi connectivity index (χ1n) is 11.5. The van der Waals surface area contributed by atoms with E-state index >= 15 is 0 Å². The number of nitrogens with one attached hydrogen (secondary N) is 2. The molecule has 2 heterocycles. The maximum Gasteiger partial charge on any atom is 0.255 e. The van der Waals surface area contributed by atoms with E-state index in [9.17, 15) is 9.59 Å². The van der Waals surface area contributed by atoms with E-state index in [2.05, 4.69) is 39.7 Å². The second-order valence-corrected chi connectivity index (χ2v) is 8.75. The summed E-state index contributed by atoms with van der Waals surface area (Å²) in [7, 11) is 2.10. The molecule has 2 N–H and O–H groups in total. The summed E-state index contributed by atoms with van der Waals surface area (Å²) in [4.78, 5) is 31.8. The van der Waals surface area contributed by atoms with Gasteiger partial charge in [0.2, 0.25) is 0 Å². The highest BCUT2D eigenvalue weighted by Crippen LogP contribution is 2.23. The van der Waals surface area contributed by atoms with Gasteiger partial charge >= 0.3 is 0 Å². The SMILES string of the molecule is CN1CCc2ccc(NC(=O)c3cccc(CNC(=O)c4cccc(-c5cnco5)c4)c3)cc2C1. The number of benzene rings is 3. The Hall–Kier alpha value is -4.23. The first kappa shape index (κ1) is 22.6. The van der Waals surface area contributed by atoms with Crippen molar-refractivity contribution in [2.45, 2.75) is 19.5 Å². The minimum atomic E-state index is -0.208. The molecule has 0 unspecified atom stereocenters. The van der Waals surface area contributed by atoms with Gasteiger partial charge in [0.1, 0.15) is 0 Å². The molecule has 4 aromatic rings. The topological polar surface area (TPSA) is 87.5 Å². The van der Waals surface area contributed by atoms with Crippen LogP contribution in [0.1, 0.15) is 37.4 Å². The number of nitrogens with zero attached hydrogens (tertiary/aromatic N) is 2. The molecule has 7 nitrogen and oxygen atoms in total. The Kier molecular flexibility index (Phi) is 6.41. The van der Waals surface area contributed by atoms with Crippen LogP contribution in [0.3, 0.4) is 0 Å². The summed E-state index contributed by atoms with van der Waals surface area (Å²) >= 11 is 0. The standard InChI is InChI=1S/C28H26N4O3/c1-32-11-10-20-8-9-25(14-24(20)17-32)31-28(34)22-6-2-4-19(12-22)15-30-27(33)23-7-3-5-21(13-23)26-16-29-18-35-26/h2-9,12-14,16,18H,10-11,15,17H2,1H3,(H,30,33)(H,31,34). The van der Waals surface area contributed by atoms with Gasteiger partial charge in [-0.25, -0.2) is 4.98 Å². The van der Waals surface area contributed by atoms with Crippen molar-refractivity contribution in [1.82, 2.24) is 15.2 Å². The van der Waals surface area contributed by atoms with Crippen molar-refractivity contribution in [2.75, 3.05) is 18.9 Å². The number of rotatable bonds is 6. The highest BCUT2D eigenvalue weighted by atomic mass is 16.3. The lowest BCUT2D eigenvalue weighted by atomic mass is 9.99. The Morgan fingerprint density at radius 3 is 2.63 bits per heavy atom. The van der Waals surface area contributed by atoms with Gasteiger partial charge in [-0.1, -0.05) is 30.3 Å². The monoisotopic (exact) mass is 466 g/mol. The summed E-state index contributed by atoms with van der Waals surface area (Å²) in [6, 6.07) is 20.6. The predicted molar refractivity (Wildman–Crippen MR) is 134 cm³/mol. The van der Waals surface area contributed by atoms with Gasteiger partial charge in [0.05, 0.1) is 6.20 Å². The molecule has 0 radical (unpaired) electrons. The Bertz CT molecular complexity index is 1360. The van der Waals surface area contributed by atoms with Crippen LogP contribution < -0.4 is 10.6 Å². The lowest BCUT2D eigenvalue weighted by Crippen LogP contribution is -2.26. The van der Waals surface area contributed by atoms with Crippen LogP contribution in [-0.4, -0.2) is 35.3 Å². The third kappa shape index (κ3) is 5.31. The molecular weight excluding hydrogens is 440 g/mol. The first-order chi connectivity index (χ1) is 17.0. The fourth-order valence-corrected chi connectivity index (χ4v) is 4.26. The molecule has 5 rings (SSSR count). The zero-order valence-electron chi connectivity index (χ0n) is 19.5. The zero-order valence-corrected chi connectivity index (χ0v) is 19.5. The molecule has 0 saturated carbocycles. The van der Waals surface area contributed by atoms with E-state index in [0.29, 0.717) is 23.4 Å². The second kappa shape index (κ2) is 9.95. The van der Waals surface area contributed by atoms with Crippen LogP contribution in [0, 0.1) is 0 Å². The fraction of sp³-hybridized carbons (Fsp3) is 0.179. The van der Waals surface area contributed by atoms with Crippen LogP contribution >= 0.6 is 0 Å². The van der Waals surface area contributed by atoms with Gasteiger partial charge in [-0.15, -0.1) is 0 Å². The third-order valence-electron chi connectivity index (χ3n) is 6.15. The summed E-state index contributed by atoms with van der Waals surface area (Å²) in [5, 5.41) is 5.92. The van der Waals surface area contributed by atoms with E-state index in [1.165, 1.54) is 17.5 Å². The van der Waals surface area contributed by atoms with Crippen molar-refractivity contribution in [3.8, 4) is 11.3 Å². The van der Waals surface area contributed by atoms with Crippen molar-refractivity contribution < 1.29 is 14.0 Å². The lowest BCUT2D eigenvalue weighted by Gasteiger charge is -2.25. The minimum absolute atomic E-state index is 0.179. The highest BCUT2D eigenvalue weighted by Gasteiger charge is 2.15. The van der Waals surface area contributed by atoms with Gasteiger partial charge in [-0.05, 0) is 66.6 Å². The maximum absolute atomic E-state index is 12.9. The molecule has 0 aliphatic carbocycles. The average Bonchev–Trinajstić information content (AvgIpc) is 3.42. The van der Waals surface area contributed by atoms with E-state index in [1.54, 1.807) is 36.5 Å². The number of hydrogen-bond acceptors (Lipinski definition) is 5. The summed E-state index contributed by atoms with van der Waals surface area (Å²) in [6.07, 6.45) is 3.99. The number of hydrogen-bond donors (Lipinski definition) is 2. The van der Waals surface area contributed by atoms with E-state index in [0.717, 1.165) is 36.3 Å². The maximum atomic E-state index is 12.9. The Morgan fingerprint density at radius 2 is 1.80 bits per heavy atom. The van der Waals surface area contributed by atoms with Gasteiger partial charge in [0.15, 0.2) is 12.2 Å². The average molecular weight is 467 g/mol. The summed E-state index contributed by atoms with van der Waals surface area (Å²) in [5.41, 5.74) is 6.05. The Labute approximate surface area is 203 Å². The van der Waals surface area contributed by atoms with Crippen molar-refractivity contribution >= 4 is 17.5 Å². The number of oxazole rings is 1. The van der Waals surface area contributed by atoms with Crippen LogP contribution in [0.2, 0.25) is 0 Å². The molecule has 0 fully saturated rings. The molecule has 176 valence electrons. The molecule has 1 aliphatic heterocycles. The van der Waals surface area contributed by atoms with Crippen molar-refractivity contribution in [3.05, 3.63) is 107 Å². The third-order valence-corrected chi connectivity index (χ3v) is 6.15. The Morgan fingerprint density at radius 1 is 0.971 bits per heavy atom. The molecule has 1 aliphatic rings. The molecule has 1 aromatic heterocycles. The molecule has 0 bridgehead atoms. The molecule has 35 heavy (non-hydrogen) atoms. The minimum Gasteiger partial charge on any atom is -0.444 e. The van der Waals surface area contributed by atoms with Gasteiger partial charge in [0.25, 0.3) is 11.8 Å². The predicted octanol–water partition coefficient (Wildman–Crippen LogP) is 4.51. The van der Waals surface area contributed by atoms with E-state index < -0.39 is 0 Å². The summed E-state index contributed by atoms with van der Waals surface area (Å²) in [6.45, 7) is 2.24. The van der Waals surface area contributed by atoms with Crippen LogP contribution in [0.25, 0.3) is 11.3 Å². The first-order valence-corrected chi connectivity index (χ1v) is 11.5. The number of carbonyl (C=O) groups is 2. The second-order valence-electron chi connectivity index (χ2n) is 8.75. The van der Waals surface area contributed by atoms with Gasteiger partial charge < -0.3 is 20.0 Å².